The van der Waals surface area contributed by atoms with Gasteiger partial charge < -0.3 is 24.9 Å². The molecule has 1 heterocycles. The summed E-state index contributed by atoms with van der Waals surface area (Å²) in [5.74, 6) is 1.85. The Morgan fingerprint density at radius 2 is 2.00 bits per heavy atom. The van der Waals surface area contributed by atoms with Crippen LogP contribution in [0, 0.1) is 5.92 Å². The number of aliphatic hydroxyl groups excluding tert-OH is 1. The second kappa shape index (κ2) is 11.7. The predicted molar refractivity (Wildman–Crippen MR) is 118 cm³/mol. The minimum atomic E-state index is -0.763. The zero-order chi connectivity index (χ0) is 23.0. The molecule has 0 spiro atoms. The molecule has 0 bridgehead atoms. The van der Waals surface area contributed by atoms with Gasteiger partial charge in [-0.1, -0.05) is 25.6 Å². The maximum Gasteiger partial charge on any atom is 0.217 e. The molecule has 9 nitrogen and oxygen atoms in total. The van der Waals surface area contributed by atoms with Crippen molar-refractivity contribution < 1.29 is 24.2 Å². The van der Waals surface area contributed by atoms with Crippen LogP contribution in [0.1, 0.15) is 43.4 Å². The van der Waals surface area contributed by atoms with Crippen molar-refractivity contribution in [2.75, 3.05) is 19.5 Å². The van der Waals surface area contributed by atoms with Crippen LogP contribution in [0.4, 0.5) is 0 Å². The summed E-state index contributed by atoms with van der Waals surface area (Å²) in [5, 5.41) is 19.4. The third-order valence-corrected chi connectivity index (χ3v) is 5.45. The van der Waals surface area contributed by atoms with Crippen LogP contribution in [-0.2, 0) is 17.8 Å². The molecule has 0 fully saturated rings. The Kier molecular flexibility index (Phi) is 9.32. The lowest BCUT2D eigenvalue weighted by molar-refractivity contribution is -0.118. The maximum absolute atomic E-state index is 11.5. The highest BCUT2D eigenvalue weighted by Gasteiger charge is 2.17. The molecule has 10 heteroatoms. The number of nitrogens with two attached hydrogens (primary N) is 1. The third kappa shape index (κ3) is 7.55. The van der Waals surface area contributed by atoms with E-state index in [9.17, 15) is 14.7 Å². The van der Waals surface area contributed by atoms with Gasteiger partial charge in [-0.3, -0.25) is 9.59 Å². The minimum absolute atomic E-state index is 0.0512. The molecule has 2 rings (SSSR count). The second-order valence-corrected chi connectivity index (χ2v) is 8.55. The zero-order valence-electron chi connectivity index (χ0n) is 18.3. The van der Waals surface area contributed by atoms with Crippen molar-refractivity contribution in [2.24, 2.45) is 11.7 Å². The lowest BCUT2D eigenvalue weighted by Crippen LogP contribution is -2.21. The molecule has 2 aromatic rings. The minimum Gasteiger partial charge on any atom is -0.493 e. The number of ether oxygens (including phenoxy) is 2. The highest BCUT2D eigenvalue weighted by Crippen LogP contribution is 2.29. The fourth-order valence-electron chi connectivity index (χ4n) is 2.80. The number of carbonyl (C=O) groups is 2. The molecule has 170 valence electrons. The van der Waals surface area contributed by atoms with Crippen LogP contribution >= 0.6 is 11.8 Å². The smallest absolute Gasteiger partial charge is 0.217 e. The highest BCUT2D eigenvalue weighted by atomic mass is 32.2. The van der Waals surface area contributed by atoms with Crippen LogP contribution in [-0.4, -0.2) is 57.1 Å². The number of nitrogens with zero attached hydrogens (tertiary/aromatic N) is 3. The van der Waals surface area contributed by atoms with E-state index in [4.69, 9.17) is 15.2 Å². The van der Waals surface area contributed by atoms with E-state index in [0.717, 1.165) is 0 Å². The monoisotopic (exact) mass is 450 g/mol. The lowest BCUT2D eigenvalue weighted by atomic mass is 10.1. The Balaban J connectivity index is 1.97. The van der Waals surface area contributed by atoms with Gasteiger partial charge in [-0.25, -0.2) is 0 Å². The molecule has 1 amide bonds. The highest BCUT2D eigenvalue weighted by molar-refractivity contribution is 7.99. The van der Waals surface area contributed by atoms with Gasteiger partial charge >= 0.3 is 0 Å². The lowest BCUT2D eigenvalue weighted by Gasteiger charge is -2.16. The summed E-state index contributed by atoms with van der Waals surface area (Å²) in [6.45, 7) is 6.40. The molecular formula is C21H30N4O5S. The van der Waals surface area contributed by atoms with E-state index in [1.165, 1.54) is 25.8 Å². The number of carbonyl (C=O) groups excluding carboxylic acids is 2. The van der Waals surface area contributed by atoms with Crippen molar-refractivity contribution >= 4 is 23.5 Å². The molecule has 3 N–H and O–H groups in total. The van der Waals surface area contributed by atoms with Gasteiger partial charge in [0.1, 0.15) is 12.4 Å². The average Bonchev–Trinajstić information content (AvgIpc) is 3.09. The van der Waals surface area contributed by atoms with Gasteiger partial charge in [-0.2, -0.15) is 0 Å². The number of Topliss-reactive ketones (excluding diaryl/α,β-unsaturated/α-hetero) is 1. The summed E-state index contributed by atoms with van der Waals surface area (Å²) in [7, 11) is 1.50. The molecule has 31 heavy (non-hydrogen) atoms. The van der Waals surface area contributed by atoms with Crippen LogP contribution < -0.4 is 15.2 Å². The topological polar surface area (TPSA) is 130 Å². The number of hydrogen-bond acceptors (Lipinski definition) is 8. The van der Waals surface area contributed by atoms with Crippen molar-refractivity contribution in [1.29, 1.82) is 0 Å². The Hall–Kier alpha value is -2.59. The van der Waals surface area contributed by atoms with Crippen LogP contribution in [0.3, 0.4) is 0 Å². The normalized spacial score (nSPS) is 12.1. The number of primary amides is 1. The summed E-state index contributed by atoms with van der Waals surface area (Å²) in [5.41, 5.74) is 5.77. The number of amides is 1. The third-order valence-electron chi connectivity index (χ3n) is 4.34. The average molecular weight is 451 g/mol. The molecule has 1 atom stereocenters. The van der Waals surface area contributed by atoms with E-state index in [2.05, 4.69) is 24.0 Å². The number of hydrogen-bond donors (Lipinski definition) is 2. The fourth-order valence-corrected chi connectivity index (χ4v) is 3.68. The molecule has 0 radical (unpaired) electrons. The number of aliphatic hydroxyl groups is 1. The number of thioether (sulfide) groups is 1. The van der Waals surface area contributed by atoms with Crippen molar-refractivity contribution in [3.05, 3.63) is 29.6 Å². The summed E-state index contributed by atoms with van der Waals surface area (Å²) >= 11 is 1.37. The number of aryl methyl sites for hydroxylation is 1. The first-order valence-corrected chi connectivity index (χ1v) is 11.0. The molecular weight excluding hydrogens is 420 g/mol. The number of rotatable bonds is 13. The molecule has 0 saturated carbocycles. The molecule has 1 unspecified atom stereocenters. The quantitative estimate of drug-likeness (QED) is 0.350. The number of ketones is 1. The van der Waals surface area contributed by atoms with Crippen LogP contribution in [0.5, 0.6) is 11.5 Å². The second-order valence-electron chi connectivity index (χ2n) is 7.57. The standard InChI is InChI=1S/C21H30N4O5S/c1-13(2)10-25-20(8-7-19(22)28)23-24-21(25)31-12-16(27)11-30-17-6-5-15(14(3)26)9-18(17)29-4/h5-6,9,13,16,27H,7-8,10-12H2,1-4H3,(H2,22,28). The SMILES string of the molecule is COc1cc(C(C)=O)ccc1OCC(O)CSc1nnc(CCC(N)=O)n1CC(C)C. The van der Waals surface area contributed by atoms with Crippen molar-refractivity contribution in [2.45, 2.75) is 51.4 Å². The summed E-state index contributed by atoms with van der Waals surface area (Å²) in [4.78, 5) is 22.6. The molecule has 1 aromatic heterocycles. The Labute approximate surface area is 186 Å². The Bertz CT molecular complexity index is 900. The van der Waals surface area contributed by atoms with Crippen molar-refractivity contribution in [3.63, 3.8) is 0 Å². The van der Waals surface area contributed by atoms with E-state index >= 15 is 0 Å². The maximum atomic E-state index is 11.5. The van der Waals surface area contributed by atoms with Crippen LogP contribution in [0.25, 0.3) is 0 Å². The summed E-state index contributed by atoms with van der Waals surface area (Å²) in [6, 6.07) is 4.92. The van der Waals surface area contributed by atoms with Gasteiger partial charge in [0.25, 0.3) is 0 Å². The molecule has 0 aliphatic rings. The largest absolute Gasteiger partial charge is 0.493 e. The number of methoxy groups -OCH3 is 1. The van der Waals surface area contributed by atoms with Gasteiger partial charge in [-0.15, -0.1) is 10.2 Å². The van der Waals surface area contributed by atoms with Crippen LogP contribution in [0.15, 0.2) is 23.4 Å². The van der Waals surface area contributed by atoms with Gasteiger partial charge in [0.2, 0.25) is 5.91 Å². The van der Waals surface area contributed by atoms with Crippen molar-refractivity contribution in [1.82, 2.24) is 14.8 Å². The van der Waals surface area contributed by atoms with Crippen molar-refractivity contribution in [3.8, 4) is 11.5 Å². The van der Waals surface area contributed by atoms with Gasteiger partial charge in [0.05, 0.1) is 13.2 Å². The number of benzene rings is 1. The van der Waals surface area contributed by atoms with Gasteiger partial charge in [0, 0.05) is 30.7 Å². The first kappa shape index (κ1) is 24.7. The predicted octanol–water partition coefficient (Wildman–Crippen LogP) is 2.10. The van der Waals surface area contributed by atoms with E-state index in [1.807, 2.05) is 4.57 Å². The molecule has 0 aliphatic carbocycles. The Morgan fingerprint density at radius 3 is 2.61 bits per heavy atom. The first-order valence-electron chi connectivity index (χ1n) is 10.0. The Morgan fingerprint density at radius 1 is 1.26 bits per heavy atom. The van der Waals surface area contributed by atoms with Gasteiger partial charge in [0.15, 0.2) is 22.4 Å². The molecule has 0 saturated heterocycles. The van der Waals surface area contributed by atoms with E-state index in [0.29, 0.717) is 52.7 Å². The fraction of sp³-hybridized carbons (Fsp3) is 0.524. The molecule has 0 aliphatic heterocycles. The first-order chi connectivity index (χ1) is 14.7. The zero-order valence-corrected chi connectivity index (χ0v) is 19.1. The summed E-state index contributed by atoms with van der Waals surface area (Å²) < 4.78 is 12.9. The van der Waals surface area contributed by atoms with E-state index in [-0.39, 0.29) is 24.7 Å². The van der Waals surface area contributed by atoms with E-state index in [1.54, 1.807) is 18.2 Å². The number of aromatic nitrogens is 3. The van der Waals surface area contributed by atoms with E-state index < -0.39 is 6.10 Å². The van der Waals surface area contributed by atoms with Crippen LogP contribution in [0.2, 0.25) is 0 Å². The summed E-state index contributed by atoms with van der Waals surface area (Å²) in [6.07, 6.45) is -0.126. The molecule has 1 aromatic carbocycles. The van der Waals surface area contributed by atoms with Gasteiger partial charge in [-0.05, 0) is 31.0 Å².